The van der Waals surface area contributed by atoms with Gasteiger partial charge in [-0.2, -0.15) is 0 Å². The van der Waals surface area contributed by atoms with Crippen molar-refractivity contribution >= 4 is 17.0 Å². The molecular weight excluding hydrogens is 436 g/mol. The van der Waals surface area contributed by atoms with Gasteiger partial charge in [-0.25, -0.2) is 4.79 Å². The number of ether oxygens (including phenoxy) is 3. The molecule has 2 saturated heterocycles. The van der Waals surface area contributed by atoms with Crippen molar-refractivity contribution in [2.45, 2.75) is 110 Å². The van der Waals surface area contributed by atoms with Crippen molar-refractivity contribution in [3.63, 3.8) is 0 Å². The zero-order chi connectivity index (χ0) is 23.2. The average Bonchev–Trinajstić information content (AvgIpc) is 3.15. The molecule has 3 saturated carbocycles. The highest BCUT2D eigenvalue weighted by atomic mass is 35.5. The molecule has 33 heavy (non-hydrogen) atoms. The summed E-state index contributed by atoms with van der Waals surface area (Å²) in [6.45, 7) is 10.8. The van der Waals surface area contributed by atoms with Crippen molar-refractivity contribution in [1.29, 1.82) is 0 Å². The summed E-state index contributed by atoms with van der Waals surface area (Å²) in [5.41, 5.74) is 1.63. The molecule has 0 aromatic rings. The number of carbonyl (C=O) groups is 1. The van der Waals surface area contributed by atoms with Gasteiger partial charge < -0.3 is 14.2 Å². The number of carbonyl (C=O) groups excluding carboxylic acids is 1. The van der Waals surface area contributed by atoms with Gasteiger partial charge in [0, 0.05) is 36.3 Å². The summed E-state index contributed by atoms with van der Waals surface area (Å²) < 4.78 is 18.7. The molecule has 1 unspecified atom stereocenters. The van der Waals surface area contributed by atoms with Gasteiger partial charge in [0.2, 0.25) is 0 Å². The Morgan fingerprint density at radius 3 is 2.64 bits per heavy atom. The van der Waals surface area contributed by atoms with Crippen LogP contribution in [0.2, 0.25) is 0 Å². The lowest BCUT2D eigenvalue weighted by atomic mass is 9.45. The van der Waals surface area contributed by atoms with Gasteiger partial charge in [-0.1, -0.05) is 39.3 Å². The number of fused-ring (bicyclic) bond motifs is 7. The summed E-state index contributed by atoms with van der Waals surface area (Å²) in [7, 11) is 0. The van der Waals surface area contributed by atoms with Crippen LogP contribution < -0.4 is 0 Å². The number of halogens is 1. The van der Waals surface area contributed by atoms with Crippen LogP contribution >= 0.6 is 11.6 Å². The quantitative estimate of drug-likeness (QED) is 0.295. The van der Waals surface area contributed by atoms with E-state index >= 15 is 0 Å². The number of allylic oxidation sites excluding steroid dienone is 1. The molecule has 1 spiro atoms. The van der Waals surface area contributed by atoms with Gasteiger partial charge in [-0.05, 0) is 79.4 Å². The van der Waals surface area contributed by atoms with Crippen LogP contribution in [0.5, 0.6) is 0 Å². The number of rotatable bonds is 1. The summed E-state index contributed by atoms with van der Waals surface area (Å²) in [4.78, 5) is 11.3. The van der Waals surface area contributed by atoms with Crippen molar-refractivity contribution in [1.82, 2.24) is 0 Å². The predicted molar refractivity (Wildman–Crippen MR) is 128 cm³/mol. The van der Waals surface area contributed by atoms with E-state index < -0.39 is 5.43 Å². The minimum atomic E-state index is -0.661. The highest BCUT2D eigenvalue weighted by Crippen LogP contribution is 2.74. The minimum Gasteiger partial charge on any atom is -0.450 e. The Kier molecular flexibility index (Phi) is 5.17. The zero-order valence-electron chi connectivity index (χ0n) is 20.8. The van der Waals surface area contributed by atoms with E-state index in [0.29, 0.717) is 17.4 Å². The van der Waals surface area contributed by atoms with Crippen molar-refractivity contribution in [3.8, 4) is 0 Å². The molecule has 5 heteroatoms. The third kappa shape index (κ3) is 3.18. The highest BCUT2D eigenvalue weighted by molar-refractivity contribution is 6.61. The molecule has 2 heterocycles. The van der Waals surface area contributed by atoms with E-state index in [1.165, 1.54) is 37.7 Å². The maximum atomic E-state index is 11.3. The third-order valence-corrected chi connectivity index (χ3v) is 11.9. The Balaban J connectivity index is 1.24. The van der Waals surface area contributed by atoms with Gasteiger partial charge in [0.15, 0.2) is 5.79 Å². The summed E-state index contributed by atoms with van der Waals surface area (Å²) >= 11 is 5.53. The van der Waals surface area contributed by atoms with Crippen LogP contribution in [0.1, 0.15) is 91.9 Å². The zero-order valence-corrected chi connectivity index (χ0v) is 21.6. The molecule has 184 valence electrons. The molecule has 0 bridgehead atoms. The van der Waals surface area contributed by atoms with Crippen LogP contribution in [0.15, 0.2) is 11.6 Å². The van der Waals surface area contributed by atoms with Gasteiger partial charge in [-0.15, -0.1) is 0 Å². The second kappa shape index (κ2) is 7.46. The van der Waals surface area contributed by atoms with E-state index in [-0.39, 0.29) is 22.7 Å². The van der Waals surface area contributed by atoms with Crippen molar-refractivity contribution < 1.29 is 19.0 Å². The lowest BCUT2D eigenvalue weighted by Crippen LogP contribution is -2.53. The fourth-order valence-electron chi connectivity index (χ4n) is 9.68. The molecule has 2 aliphatic heterocycles. The Morgan fingerprint density at radius 1 is 1.09 bits per heavy atom. The smallest absolute Gasteiger partial charge is 0.404 e. The Labute approximate surface area is 204 Å². The van der Waals surface area contributed by atoms with E-state index in [9.17, 15) is 4.79 Å². The standard InChI is InChI=1S/C28H41ClO4/c1-17-7-12-28(31-15-17)16-27(4)23(33-28)14-22-20-6-5-18-13-19(32-24(29)30)8-10-25(18,2)21(20)9-11-26(22,27)3/h5,17,19-23H,6-16H2,1-4H3/t17-,19+,20-,21?,22+,23+,25+,26+,27+,28-/m1/s1. The SMILES string of the molecule is C[C@@H]1CC[C@@]2(C[C@@]3(C)[C@H](C[C@H]4[C@@H]5CC=C6C[C@@H](OC(=O)Cl)CC[C@]6(C)C5CC[C@@]43C)O2)OC1. The molecule has 0 amide bonds. The summed E-state index contributed by atoms with van der Waals surface area (Å²) in [6, 6.07) is 0. The van der Waals surface area contributed by atoms with Crippen LogP contribution in [0.25, 0.3) is 0 Å². The maximum Gasteiger partial charge on any atom is 0.404 e. The van der Waals surface area contributed by atoms with Crippen LogP contribution in [0.3, 0.4) is 0 Å². The fraction of sp³-hybridized carbons (Fsp3) is 0.893. The van der Waals surface area contributed by atoms with Crippen LogP contribution in [0, 0.1) is 39.9 Å². The van der Waals surface area contributed by atoms with E-state index in [2.05, 4.69) is 33.8 Å². The lowest BCUT2D eigenvalue weighted by Gasteiger charge is -2.59. The number of hydrogen-bond acceptors (Lipinski definition) is 4. The van der Waals surface area contributed by atoms with Crippen molar-refractivity contribution in [2.75, 3.05) is 6.61 Å². The highest BCUT2D eigenvalue weighted by Gasteiger charge is 2.71. The summed E-state index contributed by atoms with van der Waals surface area (Å²) in [6.07, 6.45) is 14.0. The molecule has 5 fully saturated rings. The Bertz CT molecular complexity index is 862. The molecule has 0 aromatic carbocycles. The first-order valence-electron chi connectivity index (χ1n) is 13.5. The topological polar surface area (TPSA) is 44.8 Å². The van der Waals surface area contributed by atoms with E-state index in [1.54, 1.807) is 0 Å². The van der Waals surface area contributed by atoms with Gasteiger partial charge in [0.05, 0.1) is 12.7 Å². The molecule has 0 N–H and O–H groups in total. The average molecular weight is 477 g/mol. The Hall–Kier alpha value is -0.580. The monoisotopic (exact) mass is 476 g/mol. The molecule has 0 aromatic heterocycles. The largest absolute Gasteiger partial charge is 0.450 e. The Morgan fingerprint density at radius 2 is 1.91 bits per heavy atom. The van der Waals surface area contributed by atoms with Crippen LogP contribution in [-0.4, -0.2) is 30.0 Å². The first-order chi connectivity index (χ1) is 15.6. The maximum absolute atomic E-state index is 11.3. The normalized spacial score (nSPS) is 55.2. The molecular formula is C28H41ClO4. The first kappa shape index (κ1) is 22.9. The van der Waals surface area contributed by atoms with Crippen molar-refractivity contribution in [3.05, 3.63) is 11.6 Å². The molecule has 4 nitrogen and oxygen atoms in total. The predicted octanol–water partition coefficient (Wildman–Crippen LogP) is 7.24. The lowest BCUT2D eigenvalue weighted by molar-refractivity contribution is -0.255. The third-order valence-electron chi connectivity index (χ3n) is 11.8. The number of hydrogen-bond donors (Lipinski definition) is 0. The second-order valence-corrected chi connectivity index (χ2v) is 13.5. The van der Waals surface area contributed by atoms with Gasteiger partial charge in [-0.3, -0.25) is 0 Å². The summed E-state index contributed by atoms with van der Waals surface area (Å²) in [5, 5.41) is 0. The van der Waals surface area contributed by atoms with Gasteiger partial charge in [0.1, 0.15) is 6.10 Å². The van der Waals surface area contributed by atoms with Crippen molar-refractivity contribution in [2.24, 2.45) is 39.9 Å². The molecule has 10 atom stereocenters. The van der Waals surface area contributed by atoms with Crippen LogP contribution in [0.4, 0.5) is 4.79 Å². The molecule has 6 rings (SSSR count). The molecule has 4 aliphatic carbocycles. The van der Waals surface area contributed by atoms with Crippen LogP contribution in [-0.2, 0) is 14.2 Å². The van der Waals surface area contributed by atoms with Gasteiger partial charge >= 0.3 is 5.43 Å². The van der Waals surface area contributed by atoms with E-state index in [0.717, 1.165) is 56.5 Å². The first-order valence-corrected chi connectivity index (χ1v) is 13.8. The van der Waals surface area contributed by atoms with E-state index in [4.69, 9.17) is 25.8 Å². The minimum absolute atomic E-state index is 0.0488. The second-order valence-electron chi connectivity index (χ2n) is 13.2. The fourth-order valence-corrected chi connectivity index (χ4v) is 9.81. The molecule has 6 aliphatic rings. The molecule has 0 radical (unpaired) electrons. The van der Waals surface area contributed by atoms with E-state index in [1.807, 2.05) is 0 Å². The summed E-state index contributed by atoms with van der Waals surface area (Å²) in [5.74, 6) is 2.52. The van der Waals surface area contributed by atoms with Gasteiger partial charge in [0.25, 0.3) is 0 Å².